The Balaban J connectivity index is 1.66. The summed E-state index contributed by atoms with van der Waals surface area (Å²) in [5.74, 6) is -2.07. The van der Waals surface area contributed by atoms with E-state index < -0.39 is 50.7 Å². The van der Waals surface area contributed by atoms with Crippen LogP contribution in [0.4, 0.5) is 10.1 Å². The van der Waals surface area contributed by atoms with Gasteiger partial charge in [-0.25, -0.2) is 12.8 Å². The van der Waals surface area contributed by atoms with Crippen LogP contribution in [0.25, 0.3) is 0 Å². The molecule has 2 aromatic rings. The normalized spacial score (nSPS) is 14.7. The molecule has 0 fully saturated rings. The zero-order chi connectivity index (χ0) is 23.5. The smallest absolute Gasteiger partial charge is 0.325 e. The Kier molecular flexibility index (Phi) is 6.99. The number of nitrogens with one attached hydrogen (secondary N) is 2. The molecule has 11 heteroatoms. The Bertz CT molecular complexity index is 1120. The Morgan fingerprint density at radius 3 is 2.44 bits per heavy atom. The van der Waals surface area contributed by atoms with Crippen molar-refractivity contribution in [3.63, 3.8) is 0 Å². The predicted octanol–water partition coefficient (Wildman–Crippen LogP) is 2.43. The molecule has 3 rings (SSSR count). The predicted molar refractivity (Wildman–Crippen MR) is 112 cm³/mol. The molecule has 1 aliphatic heterocycles. The zero-order valence-corrected chi connectivity index (χ0v) is 18.4. The lowest BCUT2D eigenvalue weighted by Crippen LogP contribution is -2.47. The summed E-state index contributed by atoms with van der Waals surface area (Å²) >= 11 is 0. The van der Waals surface area contributed by atoms with Gasteiger partial charge < -0.3 is 19.5 Å². The molecule has 2 N–H and O–H groups in total. The van der Waals surface area contributed by atoms with Crippen LogP contribution < -0.4 is 19.5 Å². The van der Waals surface area contributed by atoms with E-state index in [-0.39, 0.29) is 6.79 Å². The summed E-state index contributed by atoms with van der Waals surface area (Å²) in [7, 11) is -4.34. The molecule has 1 aliphatic rings. The van der Waals surface area contributed by atoms with E-state index >= 15 is 0 Å². The molecule has 2 atom stereocenters. The number of hydrogen-bond donors (Lipinski definition) is 2. The average molecular weight is 466 g/mol. The first kappa shape index (κ1) is 23.5. The van der Waals surface area contributed by atoms with Crippen molar-refractivity contribution in [2.45, 2.75) is 37.8 Å². The molecule has 1 heterocycles. The van der Waals surface area contributed by atoms with Gasteiger partial charge >= 0.3 is 5.97 Å². The molecular weight excluding hydrogens is 443 g/mol. The zero-order valence-electron chi connectivity index (χ0n) is 17.6. The summed E-state index contributed by atoms with van der Waals surface area (Å²) in [5.41, 5.74) is 0.405. The Morgan fingerprint density at radius 2 is 1.75 bits per heavy atom. The summed E-state index contributed by atoms with van der Waals surface area (Å²) in [6, 6.07) is 8.25. The van der Waals surface area contributed by atoms with Crippen LogP contribution in [-0.4, -0.2) is 39.2 Å². The third kappa shape index (κ3) is 5.35. The number of sulfonamides is 1. The number of carbonyl (C=O) groups is 2. The number of fused-ring (bicyclic) bond motifs is 1. The highest BCUT2D eigenvalue weighted by Gasteiger charge is 2.33. The van der Waals surface area contributed by atoms with Crippen molar-refractivity contribution < 1.29 is 36.6 Å². The minimum atomic E-state index is -4.34. The van der Waals surface area contributed by atoms with Gasteiger partial charge in [-0.1, -0.05) is 26.0 Å². The lowest BCUT2D eigenvalue weighted by Gasteiger charge is -2.23. The quantitative estimate of drug-likeness (QED) is 0.574. The fraction of sp³-hybridized carbons (Fsp3) is 0.333. The maximum atomic E-state index is 13.9. The summed E-state index contributed by atoms with van der Waals surface area (Å²) < 4.78 is 56.9. The van der Waals surface area contributed by atoms with E-state index in [4.69, 9.17) is 14.2 Å². The second-order valence-electron chi connectivity index (χ2n) is 7.41. The van der Waals surface area contributed by atoms with E-state index in [1.54, 1.807) is 32.0 Å². The molecular formula is C21H23FN2O7S. The fourth-order valence-electron chi connectivity index (χ4n) is 2.87. The number of ether oxygens (including phenoxy) is 3. The number of carbonyl (C=O) groups excluding carboxylic acids is 2. The van der Waals surface area contributed by atoms with E-state index in [0.717, 1.165) is 12.1 Å². The van der Waals surface area contributed by atoms with Crippen LogP contribution >= 0.6 is 0 Å². The lowest BCUT2D eigenvalue weighted by molar-refractivity contribution is -0.155. The topological polar surface area (TPSA) is 120 Å². The lowest BCUT2D eigenvalue weighted by atomic mass is 10.1. The SMILES string of the molecule is CC(OC(=O)[C@@H](NS(=O)(=O)c1ccccc1F)C(C)C)C(=O)Nc1ccc2c(c1)OCO2. The van der Waals surface area contributed by atoms with Gasteiger partial charge in [-0.15, -0.1) is 0 Å². The third-order valence-corrected chi connectivity index (χ3v) is 6.11. The van der Waals surface area contributed by atoms with Crippen molar-refractivity contribution in [3.05, 3.63) is 48.3 Å². The number of halogens is 1. The van der Waals surface area contributed by atoms with Crippen LogP contribution in [0.1, 0.15) is 20.8 Å². The van der Waals surface area contributed by atoms with Crippen molar-refractivity contribution >= 4 is 27.6 Å². The first-order chi connectivity index (χ1) is 15.1. The Hall–Kier alpha value is -3.18. The van der Waals surface area contributed by atoms with E-state index in [2.05, 4.69) is 10.0 Å². The monoisotopic (exact) mass is 466 g/mol. The highest BCUT2D eigenvalue weighted by Crippen LogP contribution is 2.34. The number of amides is 1. The van der Waals surface area contributed by atoms with Crippen LogP contribution in [0.3, 0.4) is 0 Å². The number of benzene rings is 2. The van der Waals surface area contributed by atoms with Crippen molar-refractivity contribution in [2.24, 2.45) is 5.92 Å². The molecule has 1 unspecified atom stereocenters. The van der Waals surface area contributed by atoms with Gasteiger partial charge in [0.25, 0.3) is 5.91 Å². The summed E-state index contributed by atoms with van der Waals surface area (Å²) in [6.45, 7) is 4.61. The molecule has 32 heavy (non-hydrogen) atoms. The summed E-state index contributed by atoms with van der Waals surface area (Å²) in [6.07, 6.45) is -1.23. The van der Waals surface area contributed by atoms with E-state index in [1.807, 2.05) is 0 Å². The molecule has 0 saturated heterocycles. The minimum Gasteiger partial charge on any atom is -0.454 e. The van der Waals surface area contributed by atoms with Gasteiger partial charge in [0, 0.05) is 11.8 Å². The maximum Gasteiger partial charge on any atom is 0.325 e. The van der Waals surface area contributed by atoms with Crippen molar-refractivity contribution in [1.29, 1.82) is 0 Å². The molecule has 0 radical (unpaired) electrons. The van der Waals surface area contributed by atoms with E-state index in [9.17, 15) is 22.4 Å². The summed E-state index contributed by atoms with van der Waals surface area (Å²) in [4.78, 5) is 24.5. The molecule has 2 aromatic carbocycles. The van der Waals surface area contributed by atoms with Crippen molar-refractivity contribution in [2.75, 3.05) is 12.1 Å². The van der Waals surface area contributed by atoms with E-state index in [1.165, 1.54) is 19.1 Å². The minimum absolute atomic E-state index is 0.0835. The van der Waals surface area contributed by atoms with Crippen LogP contribution in [-0.2, 0) is 24.3 Å². The average Bonchev–Trinajstić information content (AvgIpc) is 3.19. The van der Waals surface area contributed by atoms with Crippen molar-refractivity contribution in [1.82, 2.24) is 4.72 Å². The van der Waals surface area contributed by atoms with Crippen LogP contribution in [0, 0.1) is 11.7 Å². The van der Waals surface area contributed by atoms with Crippen LogP contribution in [0.2, 0.25) is 0 Å². The second kappa shape index (κ2) is 9.53. The molecule has 0 aromatic heterocycles. The first-order valence-electron chi connectivity index (χ1n) is 9.76. The Labute approximate surface area is 184 Å². The molecule has 9 nitrogen and oxygen atoms in total. The van der Waals surface area contributed by atoms with Gasteiger partial charge in [0.05, 0.1) is 0 Å². The van der Waals surface area contributed by atoms with Gasteiger partial charge in [0.15, 0.2) is 17.6 Å². The largest absolute Gasteiger partial charge is 0.454 e. The standard InChI is InChI=1S/C21H23FN2O7S/c1-12(2)19(24-32(27,28)18-7-5-4-6-15(18)22)21(26)31-13(3)20(25)23-14-8-9-16-17(10-14)30-11-29-16/h4-10,12-13,19,24H,11H2,1-3H3,(H,23,25)/t13?,19-/m0/s1. The Morgan fingerprint density at radius 1 is 1.06 bits per heavy atom. The molecule has 0 spiro atoms. The first-order valence-corrected chi connectivity index (χ1v) is 11.2. The molecule has 0 bridgehead atoms. The van der Waals surface area contributed by atoms with Gasteiger partial charge in [0.1, 0.15) is 16.8 Å². The molecule has 0 aliphatic carbocycles. The van der Waals surface area contributed by atoms with E-state index in [0.29, 0.717) is 17.2 Å². The second-order valence-corrected chi connectivity index (χ2v) is 9.09. The van der Waals surface area contributed by atoms with Crippen LogP contribution in [0.15, 0.2) is 47.4 Å². The van der Waals surface area contributed by atoms with Gasteiger partial charge in [-0.3, -0.25) is 9.59 Å². The molecule has 0 saturated carbocycles. The highest BCUT2D eigenvalue weighted by molar-refractivity contribution is 7.89. The summed E-state index contributed by atoms with van der Waals surface area (Å²) in [5, 5.41) is 2.59. The number of anilines is 1. The highest BCUT2D eigenvalue weighted by atomic mass is 32.2. The van der Waals surface area contributed by atoms with Gasteiger partial charge in [0.2, 0.25) is 16.8 Å². The fourth-order valence-corrected chi connectivity index (χ4v) is 4.28. The maximum absolute atomic E-state index is 13.9. The third-order valence-electron chi connectivity index (χ3n) is 4.63. The van der Waals surface area contributed by atoms with Gasteiger partial charge in [-0.05, 0) is 37.1 Å². The van der Waals surface area contributed by atoms with Crippen LogP contribution in [0.5, 0.6) is 11.5 Å². The van der Waals surface area contributed by atoms with Gasteiger partial charge in [-0.2, -0.15) is 4.72 Å². The number of hydrogen-bond acceptors (Lipinski definition) is 7. The number of rotatable bonds is 8. The molecule has 1 amide bonds. The number of esters is 1. The molecule has 172 valence electrons. The van der Waals surface area contributed by atoms with Crippen molar-refractivity contribution in [3.8, 4) is 11.5 Å².